The van der Waals surface area contributed by atoms with Crippen molar-refractivity contribution in [3.05, 3.63) is 35.9 Å². The van der Waals surface area contributed by atoms with Gasteiger partial charge in [0.1, 0.15) is 0 Å². The number of benzene rings is 1. The number of hydrogen-bond donors (Lipinski definition) is 1. The molecule has 0 aliphatic rings. The van der Waals surface area contributed by atoms with E-state index in [1.807, 2.05) is 0 Å². The van der Waals surface area contributed by atoms with Gasteiger partial charge in [-0.25, -0.2) is 0 Å². The van der Waals surface area contributed by atoms with Crippen LogP contribution in [0.25, 0.3) is 0 Å². The second-order valence-corrected chi connectivity index (χ2v) is 2.64. The molecule has 0 aliphatic heterocycles. The van der Waals surface area contributed by atoms with Crippen LogP contribution in [-0.2, 0) is 11.5 Å². The number of rotatable bonds is 1. The highest BCUT2D eigenvalue weighted by Crippen LogP contribution is 2.00. The van der Waals surface area contributed by atoms with E-state index in [9.17, 15) is 9.00 Å². The summed E-state index contributed by atoms with van der Waals surface area (Å²) in [6.45, 7) is 0. The molecule has 6 heteroatoms. The Morgan fingerprint density at radius 3 is 2.50 bits per heavy atom. The Morgan fingerprint density at radius 2 is 1.93 bits per heavy atom. The number of amides is 1. The van der Waals surface area contributed by atoms with E-state index < -0.39 is 5.91 Å². The number of carbonyl (C=O) groups excluding carboxylic acids is 1. The number of hydrogen-bond acceptors (Lipinski definition) is 2. The minimum absolute atomic E-state index is 0.0861. The van der Waals surface area contributed by atoms with Crippen molar-refractivity contribution in [2.75, 3.05) is 0 Å². The maximum atomic E-state index is 11.3. The molecule has 1 aromatic rings. The van der Waals surface area contributed by atoms with Gasteiger partial charge in [-0.05, 0) is 12.1 Å². The standard InChI is InChI=1S/C8H7N3O2S/c9-8(11-14-13)10-7(12)6-4-2-1-3-5-6/h1-5H,(H2,9,10,12). The molecule has 0 saturated carbocycles. The van der Waals surface area contributed by atoms with E-state index in [-0.39, 0.29) is 17.4 Å². The second-order valence-electron chi connectivity index (χ2n) is 2.31. The van der Waals surface area contributed by atoms with Gasteiger partial charge in [0, 0.05) is 5.56 Å². The Hall–Kier alpha value is -1.82. The van der Waals surface area contributed by atoms with Gasteiger partial charge >= 0.3 is 0 Å². The van der Waals surface area contributed by atoms with E-state index in [2.05, 4.69) is 9.36 Å². The Bertz CT molecular complexity index is 410. The summed E-state index contributed by atoms with van der Waals surface area (Å²) < 4.78 is 13.1. The largest absolute Gasteiger partial charge is 0.367 e. The van der Waals surface area contributed by atoms with Crippen LogP contribution in [0.1, 0.15) is 10.4 Å². The van der Waals surface area contributed by atoms with E-state index in [1.54, 1.807) is 30.3 Å². The van der Waals surface area contributed by atoms with E-state index in [0.717, 1.165) is 0 Å². The number of nitrogens with two attached hydrogens (primary N) is 1. The van der Waals surface area contributed by atoms with Crippen molar-refractivity contribution >= 4 is 23.3 Å². The van der Waals surface area contributed by atoms with Gasteiger partial charge in [-0.3, -0.25) is 4.79 Å². The van der Waals surface area contributed by atoms with Crippen LogP contribution in [0.4, 0.5) is 0 Å². The van der Waals surface area contributed by atoms with E-state index >= 15 is 0 Å². The molecule has 0 aromatic heterocycles. The monoisotopic (exact) mass is 209 g/mol. The van der Waals surface area contributed by atoms with Crippen molar-refractivity contribution in [1.29, 1.82) is 0 Å². The van der Waals surface area contributed by atoms with Gasteiger partial charge in [0.2, 0.25) is 17.4 Å². The lowest BCUT2D eigenvalue weighted by Gasteiger charge is -1.93. The van der Waals surface area contributed by atoms with E-state index in [0.29, 0.717) is 5.56 Å². The molecule has 0 bridgehead atoms. The first-order valence-corrected chi connectivity index (χ1v) is 4.37. The van der Waals surface area contributed by atoms with Crippen molar-refractivity contribution in [3.8, 4) is 0 Å². The molecule has 0 unspecified atom stereocenters. The molecule has 14 heavy (non-hydrogen) atoms. The Labute approximate surface area is 83.9 Å². The zero-order chi connectivity index (χ0) is 10.4. The van der Waals surface area contributed by atoms with Crippen LogP contribution in [0.15, 0.2) is 39.7 Å². The summed E-state index contributed by atoms with van der Waals surface area (Å²) in [7, 11) is 0. The van der Waals surface area contributed by atoms with Crippen LogP contribution in [0.5, 0.6) is 0 Å². The fourth-order valence-electron chi connectivity index (χ4n) is 0.808. The minimum Gasteiger partial charge on any atom is -0.367 e. The normalized spacial score (nSPS) is 10.7. The lowest BCUT2D eigenvalue weighted by molar-refractivity contribution is 0.100. The highest BCUT2D eigenvalue weighted by atomic mass is 32.1. The molecule has 0 aliphatic carbocycles. The third kappa shape index (κ3) is 2.91. The summed E-state index contributed by atoms with van der Waals surface area (Å²) in [5.41, 5.74) is 5.57. The second kappa shape index (κ2) is 5.03. The summed E-state index contributed by atoms with van der Waals surface area (Å²) in [5.74, 6) is -0.834. The molecular formula is C8H7N3O2S. The summed E-state index contributed by atoms with van der Waals surface area (Å²) >= 11 is -0.0861. The predicted octanol–water partition coefficient (Wildman–Crippen LogP) is 0.538. The van der Waals surface area contributed by atoms with Gasteiger partial charge < -0.3 is 5.73 Å². The Kier molecular flexibility index (Phi) is 3.69. The van der Waals surface area contributed by atoms with Gasteiger partial charge in [0.05, 0.1) is 0 Å². The maximum absolute atomic E-state index is 11.3. The first-order valence-electron chi connectivity index (χ1n) is 3.67. The van der Waals surface area contributed by atoms with Crippen LogP contribution in [0.3, 0.4) is 0 Å². The predicted molar refractivity (Wildman–Crippen MR) is 53.0 cm³/mol. The number of aliphatic imine (C=N–C) groups is 1. The first kappa shape index (κ1) is 10.3. The number of nitrogens with zero attached hydrogens (tertiary/aromatic N) is 2. The molecule has 1 amide bonds. The molecule has 5 nitrogen and oxygen atoms in total. The maximum Gasteiger partial charge on any atom is 0.280 e. The zero-order valence-corrected chi connectivity index (χ0v) is 7.90. The fourth-order valence-corrected chi connectivity index (χ4v) is 0.925. The molecule has 72 valence electrons. The van der Waals surface area contributed by atoms with Crippen LogP contribution < -0.4 is 5.73 Å². The number of carbonyl (C=O) groups is 1. The average molecular weight is 209 g/mol. The molecule has 2 N–H and O–H groups in total. The third-order valence-electron chi connectivity index (χ3n) is 1.37. The van der Waals surface area contributed by atoms with Crippen molar-refractivity contribution in [2.45, 2.75) is 0 Å². The lowest BCUT2D eigenvalue weighted by Crippen LogP contribution is -2.10. The van der Waals surface area contributed by atoms with Crippen LogP contribution >= 0.6 is 0 Å². The highest BCUT2D eigenvalue weighted by molar-refractivity contribution is 7.55. The average Bonchev–Trinajstić information content (AvgIpc) is 2.19. The molecular weight excluding hydrogens is 202 g/mol. The summed E-state index contributed by atoms with van der Waals surface area (Å²) in [6, 6.07) is 8.39. The van der Waals surface area contributed by atoms with Gasteiger partial charge in [0.15, 0.2) is 0 Å². The molecule has 0 saturated heterocycles. The van der Waals surface area contributed by atoms with Crippen LogP contribution in [-0.4, -0.2) is 16.1 Å². The minimum atomic E-state index is -0.513. The molecule has 0 radical (unpaired) electrons. The highest BCUT2D eigenvalue weighted by Gasteiger charge is 2.02. The fraction of sp³-hybridized carbons (Fsp3) is 0. The molecule has 0 spiro atoms. The molecule has 0 heterocycles. The third-order valence-corrected chi connectivity index (χ3v) is 1.63. The van der Waals surface area contributed by atoms with Crippen LogP contribution in [0, 0.1) is 0 Å². The van der Waals surface area contributed by atoms with Crippen molar-refractivity contribution in [3.63, 3.8) is 0 Å². The van der Waals surface area contributed by atoms with E-state index in [1.165, 1.54) is 0 Å². The molecule has 0 fully saturated rings. The molecule has 1 rings (SSSR count). The van der Waals surface area contributed by atoms with E-state index in [4.69, 9.17) is 5.73 Å². The summed E-state index contributed by atoms with van der Waals surface area (Å²) in [5, 5.41) is 0. The van der Waals surface area contributed by atoms with Crippen molar-refractivity contribution in [2.24, 2.45) is 15.1 Å². The topological polar surface area (TPSA) is 84.9 Å². The summed E-state index contributed by atoms with van der Waals surface area (Å²) in [4.78, 5) is 14.7. The SMILES string of the molecule is N/C(N=S=O)=N\C(=O)c1ccccc1. The van der Waals surface area contributed by atoms with Crippen molar-refractivity contribution in [1.82, 2.24) is 0 Å². The van der Waals surface area contributed by atoms with Crippen LogP contribution in [0.2, 0.25) is 0 Å². The van der Waals surface area contributed by atoms with Gasteiger partial charge in [-0.1, -0.05) is 18.2 Å². The first-order chi connectivity index (χ1) is 6.74. The quantitative estimate of drug-likeness (QED) is 0.541. The van der Waals surface area contributed by atoms with Gasteiger partial charge in [-0.15, -0.1) is 4.36 Å². The molecule has 1 aromatic carbocycles. The smallest absolute Gasteiger partial charge is 0.280 e. The number of guanidine groups is 1. The zero-order valence-electron chi connectivity index (χ0n) is 7.08. The molecule has 0 atom stereocenters. The van der Waals surface area contributed by atoms with Crippen molar-refractivity contribution < 1.29 is 9.00 Å². The summed E-state index contributed by atoms with van der Waals surface area (Å²) in [6.07, 6.45) is 0. The Balaban J connectivity index is 2.88. The lowest BCUT2D eigenvalue weighted by atomic mass is 10.2. The Morgan fingerprint density at radius 1 is 1.29 bits per heavy atom. The van der Waals surface area contributed by atoms with Gasteiger partial charge in [0.25, 0.3) is 5.91 Å². The van der Waals surface area contributed by atoms with Gasteiger partial charge in [-0.2, -0.15) is 9.20 Å².